The van der Waals surface area contributed by atoms with Crippen molar-refractivity contribution in [3.8, 4) is 5.75 Å². The Morgan fingerprint density at radius 1 is 1.05 bits per heavy atom. The summed E-state index contributed by atoms with van der Waals surface area (Å²) in [6.45, 7) is 12.3. The van der Waals surface area contributed by atoms with Crippen molar-refractivity contribution in [2.24, 2.45) is 0 Å². The summed E-state index contributed by atoms with van der Waals surface area (Å²) in [4.78, 5) is 12.3. The van der Waals surface area contributed by atoms with E-state index in [0.717, 1.165) is 16.7 Å². The highest BCUT2D eigenvalue weighted by molar-refractivity contribution is 9.09. The van der Waals surface area contributed by atoms with Gasteiger partial charge in [-0.25, -0.2) is 0 Å². The molecule has 0 saturated carbocycles. The molecule has 1 aromatic carbocycles. The number of alkyl halides is 1. The molecule has 3 heteroatoms. The maximum absolute atomic E-state index is 12.3. The largest absolute Gasteiger partial charge is 0.508 e. The maximum Gasteiger partial charge on any atom is 0.173 e. The van der Waals surface area contributed by atoms with Gasteiger partial charge in [0, 0.05) is 5.56 Å². The number of phenolic OH excluding ortho intramolecular Hbond substituents is 1. The average Bonchev–Trinajstić information content (AvgIpc) is 2.24. The second-order valence-corrected chi connectivity index (χ2v) is 7.53. The van der Waals surface area contributed by atoms with Crippen molar-refractivity contribution in [1.29, 1.82) is 0 Å². The highest BCUT2D eigenvalue weighted by Gasteiger charge is 2.29. The quantitative estimate of drug-likeness (QED) is 0.638. The third-order valence-corrected chi connectivity index (χ3v) is 3.65. The number of Topliss-reactive ketones (excluding diaryl/α,β-unsaturated/α-hetero) is 1. The fourth-order valence-electron chi connectivity index (χ4n) is 2.18. The van der Waals surface area contributed by atoms with Crippen LogP contribution in [-0.2, 0) is 10.8 Å². The predicted octanol–water partition coefficient (Wildman–Crippen LogP) is 4.56. The summed E-state index contributed by atoms with van der Waals surface area (Å²) in [5.41, 5.74) is 2.18. The molecule has 106 valence electrons. The molecule has 0 aliphatic carbocycles. The summed E-state index contributed by atoms with van der Waals surface area (Å²) < 4.78 is 0. The van der Waals surface area contributed by atoms with Gasteiger partial charge in [0.1, 0.15) is 5.75 Å². The lowest BCUT2D eigenvalue weighted by molar-refractivity contribution is 0.101. The molecule has 0 radical (unpaired) electrons. The van der Waals surface area contributed by atoms with Crippen LogP contribution in [0.25, 0.3) is 0 Å². The number of phenols is 1. The minimum atomic E-state index is -0.189. The van der Waals surface area contributed by atoms with E-state index in [1.54, 1.807) is 12.1 Å². The van der Waals surface area contributed by atoms with E-state index in [0.29, 0.717) is 5.33 Å². The standard InChI is InChI=1S/C16H23BrO2/c1-15(2,3)11-7-10(18)8-12(16(4,5)6)14(11)13(19)9-17/h7-8,18H,9H2,1-6H3. The maximum atomic E-state index is 12.3. The van der Waals surface area contributed by atoms with E-state index in [4.69, 9.17) is 0 Å². The van der Waals surface area contributed by atoms with Gasteiger partial charge in [0.05, 0.1) is 5.33 Å². The van der Waals surface area contributed by atoms with Gasteiger partial charge in [-0.1, -0.05) is 57.5 Å². The number of aromatic hydroxyl groups is 1. The van der Waals surface area contributed by atoms with Crippen LogP contribution in [0.15, 0.2) is 12.1 Å². The molecule has 0 bridgehead atoms. The molecule has 0 spiro atoms. The molecule has 1 aromatic rings. The van der Waals surface area contributed by atoms with Crippen molar-refractivity contribution in [3.63, 3.8) is 0 Å². The first-order chi connectivity index (χ1) is 8.48. The Morgan fingerprint density at radius 2 is 1.42 bits per heavy atom. The Bertz CT molecular complexity index is 455. The zero-order valence-corrected chi connectivity index (χ0v) is 14.2. The summed E-state index contributed by atoms with van der Waals surface area (Å²) in [7, 11) is 0. The Hall–Kier alpha value is -0.830. The van der Waals surface area contributed by atoms with E-state index in [-0.39, 0.29) is 22.4 Å². The topological polar surface area (TPSA) is 37.3 Å². The zero-order valence-electron chi connectivity index (χ0n) is 12.6. The molecule has 0 aliphatic heterocycles. The fourth-order valence-corrected chi connectivity index (χ4v) is 2.46. The van der Waals surface area contributed by atoms with Crippen molar-refractivity contribution in [2.75, 3.05) is 5.33 Å². The van der Waals surface area contributed by atoms with Crippen LogP contribution >= 0.6 is 15.9 Å². The first kappa shape index (κ1) is 16.2. The van der Waals surface area contributed by atoms with Crippen molar-refractivity contribution in [3.05, 3.63) is 28.8 Å². The monoisotopic (exact) mass is 326 g/mol. The molecule has 0 heterocycles. The summed E-state index contributed by atoms with van der Waals surface area (Å²) in [6, 6.07) is 3.43. The molecule has 0 fully saturated rings. The molecule has 2 nitrogen and oxygen atoms in total. The van der Waals surface area contributed by atoms with Gasteiger partial charge in [0.15, 0.2) is 5.78 Å². The summed E-state index contributed by atoms with van der Waals surface area (Å²) in [5, 5.41) is 10.3. The van der Waals surface area contributed by atoms with Crippen LogP contribution in [0.4, 0.5) is 0 Å². The second-order valence-electron chi connectivity index (χ2n) is 6.97. The third-order valence-electron chi connectivity index (χ3n) is 3.14. The SMILES string of the molecule is CC(C)(C)c1cc(O)cc(C(C)(C)C)c1C(=O)CBr. The third kappa shape index (κ3) is 3.59. The number of benzene rings is 1. The predicted molar refractivity (Wildman–Crippen MR) is 83.6 cm³/mol. The summed E-state index contributed by atoms with van der Waals surface area (Å²) >= 11 is 3.26. The molecule has 0 aromatic heterocycles. The lowest BCUT2D eigenvalue weighted by Crippen LogP contribution is -2.24. The van der Waals surface area contributed by atoms with Crippen LogP contribution in [0.5, 0.6) is 5.75 Å². The van der Waals surface area contributed by atoms with Crippen molar-refractivity contribution >= 4 is 21.7 Å². The van der Waals surface area contributed by atoms with Crippen LogP contribution in [0.2, 0.25) is 0 Å². The van der Waals surface area contributed by atoms with Crippen LogP contribution < -0.4 is 0 Å². The number of ketones is 1. The average molecular weight is 327 g/mol. The van der Waals surface area contributed by atoms with Gasteiger partial charge < -0.3 is 5.11 Å². The first-order valence-electron chi connectivity index (χ1n) is 6.45. The van der Waals surface area contributed by atoms with E-state index < -0.39 is 0 Å². The summed E-state index contributed by atoms with van der Waals surface area (Å²) in [5.74, 6) is 0.288. The van der Waals surface area contributed by atoms with Gasteiger partial charge in [-0.2, -0.15) is 0 Å². The van der Waals surface area contributed by atoms with Crippen LogP contribution in [-0.4, -0.2) is 16.2 Å². The Kier molecular flexibility index (Phi) is 4.51. The molecule has 1 N–H and O–H groups in total. The van der Waals surface area contributed by atoms with Gasteiger partial charge in [-0.05, 0) is 34.1 Å². The van der Waals surface area contributed by atoms with Gasteiger partial charge in [-0.3, -0.25) is 4.79 Å². The van der Waals surface area contributed by atoms with E-state index >= 15 is 0 Å². The molecule has 0 saturated heterocycles. The van der Waals surface area contributed by atoms with Crippen molar-refractivity contribution in [1.82, 2.24) is 0 Å². The van der Waals surface area contributed by atoms with E-state index in [9.17, 15) is 9.90 Å². The van der Waals surface area contributed by atoms with Crippen LogP contribution in [0, 0.1) is 0 Å². The van der Waals surface area contributed by atoms with Crippen LogP contribution in [0.3, 0.4) is 0 Å². The lowest BCUT2D eigenvalue weighted by atomic mass is 9.75. The van der Waals surface area contributed by atoms with Gasteiger partial charge in [-0.15, -0.1) is 0 Å². The summed E-state index contributed by atoms with van der Waals surface area (Å²) in [6.07, 6.45) is 0. The highest BCUT2D eigenvalue weighted by atomic mass is 79.9. The minimum Gasteiger partial charge on any atom is -0.508 e. The zero-order chi connectivity index (χ0) is 15.0. The Labute approximate surface area is 124 Å². The number of carbonyl (C=O) groups is 1. The van der Waals surface area contributed by atoms with E-state index in [1.165, 1.54) is 0 Å². The van der Waals surface area contributed by atoms with Gasteiger partial charge in [0.2, 0.25) is 0 Å². The molecule has 0 unspecified atom stereocenters. The number of hydrogen-bond donors (Lipinski definition) is 1. The smallest absolute Gasteiger partial charge is 0.173 e. The van der Waals surface area contributed by atoms with Crippen molar-refractivity contribution in [2.45, 2.75) is 52.4 Å². The van der Waals surface area contributed by atoms with Crippen LogP contribution in [0.1, 0.15) is 63.0 Å². The molecule has 0 amide bonds. The second kappa shape index (κ2) is 5.28. The molecular formula is C16H23BrO2. The van der Waals surface area contributed by atoms with E-state index in [2.05, 4.69) is 57.5 Å². The van der Waals surface area contributed by atoms with Crippen molar-refractivity contribution < 1.29 is 9.90 Å². The highest BCUT2D eigenvalue weighted by Crippen LogP contribution is 2.37. The molecule has 19 heavy (non-hydrogen) atoms. The lowest BCUT2D eigenvalue weighted by Gasteiger charge is -2.29. The Balaban J connectivity index is 3.74. The normalized spacial score (nSPS) is 12.6. The van der Waals surface area contributed by atoms with Gasteiger partial charge >= 0.3 is 0 Å². The number of halogens is 1. The van der Waals surface area contributed by atoms with E-state index in [1.807, 2.05) is 0 Å². The number of hydrogen-bond acceptors (Lipinski definition) is 2. The Morgan fingerprint density at radius 3 is 1.68 bits per heavy atom. The number of rotatable bonds is 2. The minimum absolute atomic E-state index is 0.0647. The molecule has 1 rings (SSSR count). The molecule has 0 aliphatic rings. The first-order valence-corrected chi connectivity index (χ1v) is 7.57. The van der Waals surface area contributed by atoms with Gasteiger partial charge in [0.25, 0.3) is 0 Å². The molecule has 0 atom stereocenters. The number of carbonyl (C=O) groups excluding carboxylic acids is 1. The molecular weight excluding hydrogens is 304 g/mol. The fraction of sp³-hybridized carbons (Fsp3) is 0.562.